The maximum Gasteiger partial charge on any atom is 0.409 e. The monoisotopic (exact) mass is 226 g/mol. The molecule has 0 saturated heterocycles. The largest absolute Gasteiger partial charge is 0.476 e. The van der Waals surface area contributed by atoms with Crippen LogP contribution >= 0.6 is 0 Å². The molecule has 1 aliphatic heterocycles. The molecule has 2 heterocycles. The summed E-state index contributed by atoms with van der Waals surface area (Å²) in [6, 6.07) is 0. The summed E-state index contributed by atoms with van der Waals surface area (Å²) in [5.41, 5.74) is 0.313. The lowest BCUT2D eigenvalue weighted by Gasteiger charge is -2.24. The fourth-order valence-electron chi connectivity index (χ4n) is 1.66. The lowest BCUT2D eigenvalue weighted by molar-refractivity contribution is 0.0682. The molecule has 0 spiro atoms. The quantitative estimate of drug-likeness (QED) is 0.749. The minimum atomic E-state index is -1.16. The van der Waals surface area contributed by atoms with E-state index < -0.39 is 12.1 Å². The second-order valence-corrected chi connectivity index (χ2v) is 3.38. The Balaban J connectivity index is 2.27. The molecular weight excluding hydrogens is 216 g/mol. The number of carboxylic acid groups (broad SMARTS) is 1. The third kappa shape index (κ3) is 1.60. The Labute approximate surface area is 90.6 Å². The molecule has 0 fully saturated rings. The SMILES string of the molecule is COC(=O)N1CCc2onc(C(=O)O)c2C1. The minimum Gasteiger partial charge on any atom is -0.476 e. The molecule has 86 valence electrons. The van der Waals surface area contributed by atoms with Gasteiger partial charge in [0.15, 0.2) is 5.69 Å². The zero-order valence-electron chi connectivity index (χ0n) is 8.60. The number of aromatic nitrogens is 1. The first kappa shape index (κ1) is 10.5. The molecule has 16 heavy (non-hydrogen) atoms. The van der Waals surface area contributed by atoms with Crippen LogP contribution in [0.25, 0.3) is 0 Å². The lowest BCUT2D eigenvalue weighted by atomic mass is 10.1. The molecule has 0 aliphatic carbocycles. The van der Waals surface area contributed by atoms with E-state index in [0.717, 1.165) is 0 Å². The predicted molar refractivity (Wildman–Crippen MR) is 50.0 cm³/mol. The fraction of sp³-hybridized carbons (Fsp3) is 0.444. The zero-order valence-corrected chi connectivity index (χ0v) is 8.60. The summed E-state index contributed by atoms with van der Waals surface area (Å²) < 4.78 is 9.47. The number of aromatic carboxylic acids is 1. The van der Waals surface area contributed by atoms with Crippen molar-refractivity contribution in [3.63, 3.8) is 0 Å². The Morgan fingerprint density at radius 2 is 2.31 bits per heavy atom. The lowest BCUT2D eigenvalue weighted by Crippen LogP contribution is -2.35. The number of fused-ring (bicyclic) bond motifs is 1. The van der Waals surface area contributed by atoms with E-state index in [-0.39, 0.29) is 12.2 Å². The normalized spacial score (nSPS) is 14.4. The number of carboxylic acids is 1. The molecule has 1 aliphatic rings. The molecular formula is C9H10N2O5. The molecule has 1 N–H and O–H groups in total. The number of hydrogen-bond acceptors (Lipinski definition) is 5. The second kappa shape index (κ2) is 3.84. The van der Waals surface area contributed by atoms with Gasteiger partial charge in [-0.15, -0.1) is 0 Å². The van der Waals surface area contributed by atoms with Crippen LogP contribution in [0.5, 0.6) is 0 Å². The van der Waals surface area contributed by atoms with Crippen LogP contribution in [0, 0.1) is 0 Å². The highest BCUT2D eigenvalue weighted by Gasteiger charge is 2.29. The standard InChI is InChI=1S/C9H10N2O5/c1-15-9(14)11-3-2-6-5(4-11)7(8(12)13)10-16-6/h2-4H2,1H3,(H,12,13). The van der Waals surface area contributed by atoms with Crippen LogP contribution in [0.4, 0.5) is 4.79 Å². The van der Waals surface area contributed by atoms with Crippen molar-refractivity contribution in [2.45, 2.75) is 13.0 Å². The number of methoxy groups -OCH3 is 1. The Morgan fingerprint density at radius 1 is 1.56 bits per heavy atom. The summed E-state index contributed by atoms with van der Waals surface area (Å²) in [4.78, 5) is 23.5. The molecule has 0 aromatic carbocycles. The number of rotatable bonds is 1. The maximum absolute atomic E-state index is 11.3. The van der Waals surface area contributed by atoms with Gasteiger partial charge in [-0.05, 0) is 0 Å². The van der Waals surface area contributed by atoms with Gasteiger partial charge in [0.25, 0.3) is 0 Å². The third-order valence-corrected chi connectivity index (χ3v) is 2.46. The van der Waals surface area contributed by atoms with Gasteiger partial charge < -0.3 is 19.3 Å². The predicted octanol–water partition coefficient (Wildman–Crippen LogP) is 0.497. The van der Waals surface area contributed by atoms with Crippen molar-refractivity contribution in [2.24, 2.45) is 0 Å². The van der Waals surface area contributed by atoms with Crippen molar-refractivity contribution >= 4 is 12.1 Å². The summed E-state index contributed by atoms with van der Waals surface area (Å²) in [5, 5.41) is 12.3. The van der Waals surface area contributed by atoms with Gasteiger partial charge in [-0.2, -0.15) is 0 Å². The van der Waals surface area contributed by atoms with Crippen LogP contribution in [0.3, 0.4) is 0 Å². The Morgan fingerprint density at radius 3 is 2.94 bits per heavy atom. The highest BCUT2D eigenvalue weighted by Crippen LogP contribution is 2.22. The summed E-state index contributed by atoms with van der Waals surface area (Å²) in [6.45, 7) is 0.598. The maximum atomic E-state index is 11.3. The van der Waals surface area contributed by atoms with Gasteiger partial charge in [-0.3, -0.25) is 0 Å². The third-order valence-electron chi connectivity index (χ3n) is 2.46. The topological polar surface area (TPSA) is 92.9 Å². The Bertz CT molecular complexity index is 439. The van der Waals surface area contributed by atoms with Crippen molar-refractivity contribution in [2.75, 3.05) is 13.7 Å². The van der Waals surface area contributed by atoms with E-state index in [1.54, 1.807) is 0 Å². The molecule has 7 nitrogen and oxygen atoms in total. The first-order valence-corrected chi connectivity index (χ1v) is 4.67. The smallest absolute Gasteiger partial charge is 0.409 e. The van der Waals surface area contributed by atoms with Crippen LogP contribution in [0.2, 0.25) is 0 Å². The Kier molecular flexibility index (Phi) is 2.51. The molecule has 1 aromatic heterocycles. The van der Waals surface area contributed by atoms with Gasteiger partial charge in [0.1, 0.15) is 5.76 Å². The van der Waals surface area contributed by atoms with Crippen LogP contribution in [-0.2, 0) is 17.7 Å². The number of amides is 1. The second-order valence-electron chi connectivity index (χ2n) is 3.38. The summed E-state index contributed by atoms with van der Waals surface area (Å²) in [6.07, 6.45) is -0.0340. The highest BCUT2D eigenvalue weighted by atomic mass is 16.5. The van der Waals surface area contributed by atoms with Gasteiger partial charge in [0, 0.05) is 18.5 Å². The summed E-state index contributed by atoms with van der Waals surface area (Å²) in [7, 11) is 1.28. The molecule has 1 amide bonds. The number of ether oxygens (including phenoxy) is 1. The molecule has 1 aromatic rings. The summed E-state index contributed by atoms with van der Waals surface area (Å²) in [5.74, 6) is -0.630. The number of hydrogen-bond donors (Lipinski definition) is 1. The van der Waals surface area contributed by atoms with Gasteiger partial charge in [0.2, 0.25) is 0 Å². The van der Waals surface area contributed by atoms with Crippen LogP contribution in [0.15, 0.2) is 4.52 Å². The molecule has 0 unspecified atom stereocenters. The van der Waals surface area contributed by atoms with Gasteiger partial charge in [-0.25, -0.2) is 9.59 Å². The van der Waals surface area contributed by atoms with Crippen molar-refractivity contribution in [1.29, 1.82) is 0 Å². The molecule has 2 rings (SSSR count). The fourth-order valence-corrected chi connectivity index (χ4v) is 1.66. The van der Waals surface area contributed by atoms with Gasteiger partial charge >= 0.3 is 12.1 Å². The number of carbonyl (C=O) groups excluding carboxylic acids is 1. The molecule has 0 bridgehead atoms. The van der Waals surface area contributed by atoms with Crippen LogP contribution in [0.1, 0.15) is 21.8 Å². The van der Waals surface area contributed by atoms with E-state index in [4.69, 9.17) is 9.63 Å². The average molecular weight is 226 g/mol. The van der Waals surface area contributed by atoms with Crippen LogP contribution < -0.4 is 0 Å². The first-order chi connectivity index (χ1) is 7.63. The van der Waals surface area contributed by atoms with Gasteiger partial charge in [-0.1, -0.05) is 5.16 Å². The van der Waals surface area contributed by atoms with E-state index in [1.807, 2.05) is 0 Å². The van der Waals surface area contributed by atoms with E-state index in [9.17, 15) is 9.59 Å². The van der Waals surface area contributed by atoms with Crippen molar-refractivity contribution in [3.8, 4) is 0 Å². The van der Waals surface area contributed by atoms with E-state index in [1.165, 1.54) is 12.0 Å². The molecule has 7 heteroatoms. The summed E-state index contributed by atoms with van der Waals surface area (Å²) >= 11 is 0. The van der Waals surface area contributed by atoms with Crippen molar-refractivity contribution in [3.05, 3.63) is 17.0 Å². The highest BCUT2D eigenvalue weighted by molar-refractivity contribution is 5.87. The molecule has 0 atom stereocenters. The number of carbonyl (C=O) groups is 2. The Hall–Kier alpha value is -2.05. The first-order valence-electron chi connectivity index (χ1n) is 4.67. The minimum absolute atomic E-state index is 0.136. The molecule has 0 radical (unpaired) electrons. The van der Waals surface area contributed by atoms with E-state index in [0.29, 0.717) is 24.3 Å². The van der Waals surface area contributed by atoms with E-state index >= 15 is 0 Å². The van der Waals surface area contributed by atoms with Crippen molar-refractivity contribution < 1.29 is 24.0 Å². The van der Waals surface area contributed by atoms with Crippen LogP contribution in [-0.4, -0.2) is 40.9 Å². The van der Waals surface area contributed by atoms with Gasteiger partial charge in [0.05, 0.1) is 13.7 Å². The average Bonchev–Trinajstić information content (AvgIpc) is 2.70. The number of nitrogens with zero attached hydrogens (tertiary/aromatic N) is 2. The zero-order chi connectivity index (χ0) is 11.7. The van der Waals surface area contributed by atoms with Crippen molar-refractivity contribution in [1.82, 2.24) is 10.1 Å². The molecule has 0 saturated carbocycles. The van der Waals surface area contributed by atoms with E-state index in [2.05, 4.69) is 9.89 Å².